The summed E-state index contributed by atoms with van der Waals surface area (Å²) in [5.41, 5.74) is 1.96. The van der Waals surface area contributed by atoms with Crippen LogP contribution in [0.15, 0.2) is 60.7 Å². The topological polar surface area (TPSA) is 95.9 Å². The summed E-state index contributed by atoms with van der Waals surface area (Å²) < 4.78 is 5.43. The summed E-state index contributed by atoms with van der Waals surface area (Å²) in [5, 5.41) is 13.8. The van der Waals surface area contributed by atoms with E-state index in [1.807, 2.05) is 62.4 Å². The largest absolute Gasteiger partial charge is 0.466 e. The van der Waals surface area contributed by atoms with Crippen LogP contribution in [-0.2, 0) is 19.1 Å². The molecule has 202 valence electrons. The lowest BCUT2D eigenvalue weighted by atomic mass is 9.69. The van der Waals surface area contributed by atoms with Crippen molar-refractivity contribution in [2.24, 2.45) is 23.7 Å². The van der Waals surface area contributed by atoms with Gasteiger partial charge in [0, 0.05) is 5.92 Å². The van der Waals surface area contributed by atoms with Gasteiger partial charge in [-0.3, -0.25) is 14.4 Å². The van der Waals surface area contributed by atoms with Crippen molar-refractivity contribution in [3.05, 3.63) is 76.8 Å². The number of fused-ring (bicyclic) bond motifs is 1. The number of rotatable bonds is 9. The number of aliphatic hydroxyl groups is 1. The summed E-state index contributed by atoms with van der Waals surface area (Å²) in [7, 11) is 0. The van der Waals surface area contributed by atoms with Crippen LogP contribution in [-0.4, -0.2) is 47.0 Å². The average Bonchev–Trinajstić information content (AvgIpc) is 3.20. The van der Waals surface area contributed by atoms with Gasteiger partial charge in [0.15, 0.2) is 0 Å². The van der Waals surface area contributed by atoms with Gasteiger partial charge >= 0.3 is 5.97 Å². The van der Waals surface area contributed by atoms with Crippen LogP contribution in [0.4, 0.5) is 5.69 Å². The van der Waals surface area contributed by atoms with Gasteiger partial charge in [-0.25, -0.2) is 0 Å². The first kappa shape index (κ1) is 27.9. The number of likely N-dealkylation sites (tertiary alicyclic amines) is 1. The Balaban J connectivity index is 1.82. The van der Waals surface area contributed by atoms with Crippen LogP contribution in [0.25, 0.3) is 0 Å². The number of nitrogens with one attached hydrogen (secondary N) is 1. The lowest BCUT2D eigenvalue weighted by Crippen LogP contribution is -2.47. The van der Waals surface area contributed by atoms with Crippen LogP contribution >= 0.6 is 11.6 Å². The number of ether oxygens (including phenoxy) is 1. The SMILES string of the molecule is CCC[C@@H]1C=C[C@H]2[C@H](C(=O)N([C@H](CO)c3ccccc3)[C@@H]2C(=O)Nc2c(C)cccc2Cl)[C@@H]1C(=O)OCC. The summed E-state index contributed by atoms with van der Waals surface area (Å²) in [6.07, 6.45) is 5.41. The predicted molar refractivity (Wildman–Crippen MR) is 146 cm³/mol. The van der Waals surface area contributed by atoms with Crippen LogP contribution in [0.3, 0.4) is 0 Å². The molecule has 1 heterocycles. The Morgan fingerprint density at radius 1 is 1.11 bits per heavy atom. The Hall–Kier alpha value is -3.16. The molecule has 0 unspecified atom stereocenters. The summed E-state index contributed by atoms with van der Waals surface area (Å²) in [5.74, 6) is -3.43. The molecule has 6 atom stereocenters. The van der Waals surface area contributed by atoms with E-state index in [9.17, 15) is 19.5 Å². The van der Waals surface area contributed by atoms with Crippen molar-refractivity contribution in [2.45, 2.75) is 45.7 Å². The number of halogens is 1. The summed E-state index contributed by atoms with van der Waals surface area (Å²) in [6.45, 7) is 5.44. The molecular formula is C30H35ClN2O5. The van der Waals surface area contributed by atoms with Gasteiger partial charge in [-0.1, -0.05) is 79.6 Å². The third kappa shape index (κ3) is 5.22. The first-order chi connectivity index (χ1) is 18.3. The van der Waals surface area contributed by atoms with Gasteiger partial charge in [0.25, 0.3) is 0 Å². The molecule has 7 nitrogen and oxygen atoms in total. The number of aryl methyl sites for hydroxylation is 1. The quantitative estimate of drug-likeness (QED) is 0.348. The molecule has 1 aliphatic carbocycles. The molecule has 0 saturated carbocycles. The van der Waals surface area contributed by atoms with Crippen LogP contribution in [0, 0.1) is 30.6 Å². The molecule has 1 fully saturated rings. The van der Waals surface area contributed by atoms with Crippen LogP contribution < -0.4 is 5.32 Å². The number of nitrogens with zero attached hydrogens (tertiary/aromatic N) is 1. The van der Waals surface area contributed by atoms with E-state index in [1.165, 1.54) is 4.90 Å². The molecule has 2 aromatic carbocycles. The molecule has 2 aliphatic rings. The van der Waals surface area contributed by atoms with E-state index >= 15 is 0 Å². The highest BCUT2D eigenvalue weighted by Crippen LogP contribution is 2.48. The zero-order valence-corrected chi connectivity index (χ0v) is 22.7. The number of aliphatic hydroxyl groups excluding tert-OH is 1. The second-order valence-electron chi connectivity index (χ2n) is 9.94. The predicted octanol–water partition coefficient (Wildman–Crippen LogP) is 4.93. The Kier molecular flexibility index (Phi) is 8.90. The molecule has 0 radical (unpaired) electrons. The maximum atomic E-state index is 14.3. The molecule has 0 spiro atoms. The molecular weight excluding hydrogens is 504 g/mol. The number of esters is 1. The molecule has 2 amide bonds. The third-order valence-electron chi connectivity index (χ3n) is 7.66. The van der Waals surface area contributed by atoms with Crippen molar-refractivity contribution in [1.82, 2.24) is 4.90 Å². The number of para-hydroxylation sites is 1. The number of hydrogen-bond donors (Lipinski definition) is 2. The highest BCUT2D eigenvalue weighted by atomic mass is 35.5. The third-order valence-corrected chi connectivity index (χ3v) is 7.97. The molecule has 2 aromatic rings. The van der Waals surface area contributed by atoms with Crippen molar-refractivity contribution in [1.29, 1.82) is 0 Å². The zero-order valence-electron chi connectivity index (χ0n) is 22.0. The Morgan fingerprint density at radius 3 is 2.47 bits per heavy atom. The standard InChI is InChI=1S/C30H35ClN2O5/c1-4-10-20-15-16-21-25(24(20)30(37)38-5-2)29(36)33(23(17-34)19-12-7-6-8-13-19)27(21)28(35)32-26-18(3)11-9-14-22(26)31/h6-9,11-16,20-21,23-25,27,34H,4-5,10,17H2,1-3H3,(H,32,35)/t20-,21+,23-,24-,25+,27+/m1/s1. The van der Waals surface area contributed by atoms with Crippen molar-refractivity contribution < 1.29 is 24.2 Å². The summed E-state index contributed by atoms with van der Waals surface area (Å²) in [4.78, 5) is 43.0. The van der Waals surface area contributed by atoms with E-state index in [0.717, 1.165) is 12.0 Å². The first-order valence-electron chi connectivity index (χ1n) is 13.2. The van der Waals surface area contributed by atoms with Gasteiger partial charge in [-0.15, -0.1) is 0 Å². The Bertz CT molecular complexity index is 1180. The van der Waals surface area contributed by atoms with Crippen LogP contribution in [0.2, 0.25) is 5.02 Å². The summed E-state index contributed by atoms with van der Waals surface area (Å²) >= 11 is 6.41. The molecule has 8 heteroatoms. The fourth-order valence-corrected chi connectivity index (χ4v) is 6.23. The average molecular weight is 539 g/mol. The van der Waals surface area contributed by atoms with Crippen LogP contribution in [0.1, 0.15) is 43.9 Å². The smallest absolute Gasteiger partial charge is 0.310 e. The molecule has 38 heavy (non-hydrogen) atoms. The highest BCUT2D eigenvalue weighted by Gasteiger charge is 2.59. The number of benzene rings is 2. The minimum atomic E-state index is -0.962. The maximum absolute atomic E-state index is 14.3. The molecule has 1 saturated heterocycles. The number of carbonyl (C=O) groups is 3. The van der Waals surface area contributed by atoms with E-state index in [0.29, 0.717) is 22.7 Å². The lowest BCUT2D eigenvalue weighted by molar-refractivity contribution is -0.156. The molecule has 0 aromatic heterocycles. The van der Waals surface area contributed by atoms with E-state index < -0.39 is 41.7 Å². The van der Waals surface area contributed by atoms with Gasteiger partial charge in [0.2, 0.25) is 11.8 Å². The molecule has 0 bridgehead atoms. The lowest BCUT2D eigenvalue weighted by Gasteiger charge is -2.34. The molecule has 4 rings (SSSR count). The van der Waals surface area contributed by atoms with E-state index in [2.05, 4.69) is 5.32 Å². The molecule has 1 aliphatic heterocycles. The monoisotopic (exact) mass is 538 g/mol. The number of anilines is 1. The van der Waals surface area contributed by atoms with E-state index in [-0.39, 0.29) is 25.0 Å². The van der Waals surface area contributed by atoms with Crippen molar-refractivity contribution >= 4 is 35.1 Å². The Morgan fingerprint density at radius 2 is 1.84 bits per heavy atom. The molecule has 2 N–H and O–H groups in total. The second-order valence-corrected chi connectivity index (χ2v) is 10.3. The van der Waals surface area contributed by atoms with E-state index in [4.69, 9.17) is 16.3 Å². The first-order valence-corrected chi connectivity index (χ1v) is 13.6. The number of amides is 2. The zero-order chi connectivity index (χ0) is 27.4. The van der Waals surface area contributed by atoms with Crippen molar-refractivity contribution in [2.75, 3.05) is 18.5 Å². The summed E-state index contributed by atoms with van der Waals surface area (Å²) in [6, 6.07) is 12.8. The van der Waals surface area contributed by atoms with Gasteiger partial charge < -0.3 is 20.1 Å². The number of carbonyl (C=O) groups excluding carboxylic acids is 3. The van der Waals surface area contributed by atoms with Gasteiger partial charge in [-0.2, -0.15) is 0 Å². The normalized spacial score (nSPS) is 25.1. The number of hydrogen-bond acceptors (Lipinski definition) is 5. The fourth-order valence-electron chi connectivity index (χ4n) is 5.96. The maximum Gasteiger partial charge on any atom is 0.310 e. The van der Waals surface area contributed by atoms with Crippen molar-refractivity contribution in [3.8, 4) is 0 Å². The van der Waals surface area contributed by atoms with E-state index in [1.54, 1.807) is 19.1 Å². The van der Waals surface area contributed by atoms with Gasteiger partial charge in [-0.05, 0) is 43.4 Å². The second kappa shape index (κ2) is 12.1. The van der Waals surface area contributed by atoms with Crippen molar-refractivity contribution in [3.63, 3.8) is 0 Å². The highest BCUT2D eigenvalue weighted by molar-refractivity contribution is 6.34. The van der Waals surface area contributed by atoms with Gasteiger partial charge in [0.1, 0.15) is 6.04 Å². The fraction of sp³-hybridized carbons (Fsp3) is 0.433. The van der Waals surface area contributed by atoms with Crippen LogP contribution in [0.5, 0.6) is 0 Å². The van der Waals surface area contributed by atoms with Gasteiger partial charge in [0.05, 0.1) is 41.8 Å². The minimum absolute atomic E-state index is 0.178. The Labute approximate surface area is 228 Å². The number of allylic oxidation sites excluding steroid dienone is 1. The minimum Gasteiger partial charge on any atom is -0.466 e.